The monoisotopic (exact) mass is 1420 g/mol. The lowest BCUT2D eigenvalue weighted by Gasteiger charge is -2.37. The number of para-hydroxylation sites is 1. The molecule has 17 heteroatoms. The van der Waals surface area contributed by atoms with E-state index in [-0.39, 0.29) is 11.8 Å². The van der Waals surface area contributed by atoms with Crippen LogP contribution in [0.1, 0.15) is 115 Å². The average molecular weight is 1420 g/mol. The van der Waals surface area contributed by atoms with Gasteiger partial charge in [-0.15, -0.1) is 0 Å². The van der Waals surface area contributed by atoms with Gasteiger partial charge in [0.2, 0.25) is 5.91 Å². The lowest BCUT2D eigenvalue weighted by molar-refractivity contribution is -0.132. The molecule has 105 heavy (non-hydrogen) atoms. The van der Waals surface area contributed by atoms with Crippen molar-refractivity contribution in [2.24, 2.45) is 11.8 Å². The number of aromatic nitrogens is 3. The van der Waals surface area contributed by atoms with Gasteiger partial charge in [-0.2, -0.15) is 0 Å². The van der Waals surface area contributed by atoms with Crippen molar-refractivity contribution in [1.82, 2.24) is 49.7 Å². The summed E-state index contributed by atoms with van der Waals surface area (Å²) >= 11 is 0. The first kappa shape index (κ1) is 75.2. The number of methoxy groups -OCH3 is 1. The molecule has 0 unspecified atom stereocenters. The van der Waals surface area contributed by atoms with Gasteiger partial charge in [-0.05, 0) is 251 Å². The van der Waals surface area contributed by atoms with Crippen LogP contribution in [0.4, 0.5) is 21.5 Å². The van der Waals surface area contributed by atoms with Crippen LogP contribution in [0.15, 0.2) is 152 Å². The fraction of sp³-hybridized carbons (Fsp3) is 0.500. The summed E-state index contributed by atoms with van der Waals surface area (Å²) in [5, 5.41) is 7.05. The Morgan fingerprint density at radius 3 is 1.50 bits per heavy atom. The molecule has 0 spiro atoms. The summed E-state index contributed by atoms with van der Waals surface area (Å²) < 4.78 is 18.4. The molecule has 0 saturated carbocycles. The minimum Gasteiger partial charge on any atom is -0.465 e. The van der Waals surface area contributed by atoms with Crippen LogP contribution in [0.5, 0.6) is 0 Å². The lowest BCUT2D eigenvalue weighted by Crippen LogP contribution is -2.49. The molecule has 0 radical (unpaired) electrons. The second-order valence-corrected chi connectivity index (χ2v) is 31.4. The molecule has 6 saturated heterocycles. The number of aromatic amines is 3. The first-order valence-corrected chi connectivity index (χ1v) is 40.0. The summed E-state index contributed by atoms with van der Waals surface area (Å²) in [4.78, 5) is 57.3. The average Bonchev–Trinajstić information content (AvgIpc) is 1.69. The van der Waals surface area contributed by atoms with Gasteiger partial charge in [0.05, 0.1) is 12.7 Å². The molecule has 4 N–H and O–H groups in total. The maximum Gasteiger partial charge on any atom is 0.337 e. The Hall–Kier alpha value is -8.03. The Morgan fingerprint density at radius 1 is 0.476 bits per heavy atom. The molecule has 6 aromatic carbocycles. The van der Waals surface area contributed by atoms with Crippen LogP contribution in [-0.4, -0.2) is 226 Å². The smallest absolute Gasteiger partial charge is 0.337 e. The fourth-order valence-corrected chi connectivity index (χ4v) is 17.0. The van der Waals surface area contributed by atoms with Gasteiger partial charge in [-0.25, -0.2) is 9.18 Å². The number of carbonyl (C=O) groups excluding carboxylic acids is 2. The third-order valence-corrected chi connectivity index (χ3v) is 23.7. The van der Waals surface area contributed by atoms with Gasteiger partial charge < -0.3 is 59.3 Å². The minimum atomic E-state index is -0.306. The SMILES string of the molecule is CC(C)N1CCCN(CCNC2CCN(c3cccc(-c4cc5ccccc5[nH]4)c3)CC2)CC1.CN1CCN(C(=O)CCCC2CCN(c3cccc(-c4cc5cc(F)ccc5[nH]4)c3)CC2)CC1.COC(=O)c1ccc2[nH]c(-c3cccc(N4CCC(CCCN5CCN(C(C)C)CC5)CC4)c3)cc2c1. The highest BCUT2D eigenvalue weighted by Gasteiger charge is 2.27. The van der Waals surface area contributed by atoms with Crippen LogP contribution >= 0.6 is 0 Å². The summed E-state index contributed by atoms with van der Waals surface area (Å²) in [5.41, 5.74) is 14.5. The van der Waals surface area contributed by atoms with E-state index in [2.05, 4.69) is 203 Å². The van der Waals surface area contributed by atoms with Crippen LogP contribution in [-0.2, 0) is 9.53 Å². The molecule has 0 atom stereocenters. The van der Waals surface area contributed by atoms with Crippen LogP contribution in [0.3, 0.4) is 0 Å². The molecule has 560 valence electrons. The summed E-state index contributed by atoms with van der Waals surface area (Å²) in [6, 6.07) is 53.9. The summed E-state index contributed by atoms with van der Waals surface area (Å²) in [7, 11) is 3.54. The molecule has 1 amide bonds. The van der Waals surface area contributed by atoms with Crippen molar-refractivity contribution < 1.29 is 18.7 Å². The Balaban J connectivity index is 0.000000140. The molecule has 9 heterocycles. The summed E-state index contributed by atoms with van der Waals surface area (Å²) in [6.45, 7) is 33.0. The Morgan fingerprint density at radius 2 is 0.962 bits per heavy atom. The van der Waals surface area contributed by atoms with Crippen molar-refractivity contribution in [3.05, 3.63) is 163 Å². The molecular weight excluding hydrogens is 1310 g/mol. The van der Waals surface area contributed by atoms with Crippen molar-refractivity contribution in [3.63, 3.8) is 0 Å². The number of esters is 1. The van der Waals surface area contributed by atoms with Gasteiger partial charge in [-0.3, -0.25) is 14.6 Å². The number of H-pyrrole nitrogens is 3. The third kappa shape index (κ3) is 20.4. The number of anilines is 3. The predicted molar refractivity (Wildman–Crippen MR) is 434 cm³/mol. The highest BCUT2D eigenvalue weighted by atomic mass is 19.1. The molecule has 0 aliphatic carbocycles. The number of amides is 1. The second kappa shape index (κ2) is 36.5. The number of nitrogens with zero attached hydrogens (tertiary/aromatic N) is 9. The maximum absolute atomic E-state index is 13.6. The molecule has 9 aromatic rings. The highest BCUT2D eigenvalue weighted by Crippen LogP contribution is 2.35. The number of piperazine rings is 2. The largest absolute Gasteiger partial charge is 0.465 e. The number of ether oxygens (including phenoxy) is 1. The van der Waals surface area contributed by atoms with Crippen LogP contribution < -0.4 is 20.0 Å². The Labute approximate surface area is 624 Å². The van der Waals surface area contributed by atoms with Gasteiger partial charge in [0.15, 0.2) is 0 Å². The first-order valence-electron chi connectivity index (χ1n) is 40.0. The van der Waals surface area contributed by atoms with E-state index in [0.29, 0.717) is 41.9 Å². The number of carbonyl (C=O) groups is 2. The predicted octanol–water partition coefficient (Wildman–Crippen LogP) is 15.6. The Kier molecular flexibility index (Phi) is 26.2. The van der Waals surface area contributed by atoms with E-state index < -0.39 is 0 Å². The fourth-order valence-electron chi connectivity index (χ4n) is 17.0. The van der Waals surface area contributed by atoms with E-state index in [4.69, 9.17) is 4.74 Å². The van der Waals surface area contributed by atoms with Crippen LogP contribution in [0, 0.1) is 17.7 Å². The van der Waals surface area contributed by atoms with E-state index in [1.807, 2.05) is 29.2 Å². The van der Waals surface area contributed by atoms with Gasteiger partial charge in [-0.1, -0.05) is 54.6 Å². The number of halogens is 1. The van der Waals surface area contributed by atoms with Crippen molar-refractivity contribution in [3.8, 4) is 33.8 Å². The Bertz CT molecular complexity index is 4180. The third-order valence-electron chi connectivity index (χ3n) is 23.7. The van der Waals surface area contributed by atoms with Gasteiger partial charge >= 0.3 is 5.97 Å². The van der Waals surface area contributed by atoms with Crippen LogP contribution in [0.2, 0.25) is 0 Å². The standard InChI is InChI=1S/C31H42N4O2.C29H41N5.C28H35FN4O/c1-23(2)34-18-16-33(17-19-34)13-5-6-24-11-14-35(15-12-24)28-8-4-7-25(21-28)30-22-27-20-26(31(36)37-3)9-10-29(27)32-30;1-23(2)33-15-6-14-32(19-20-33)18-13-30-26-11-16-34(17-12-26)27-9-5-8-24(21-27)29-22-25-7-3-4-10-28(25)31-29;1-31-14-16-33(17-15-31)28(34)7-2-4-21-10-12-32(13-11-21)25-6-3-5-22(19-25)27-20-23-18-24(29)8-9-26(23)30-27/h4,7-10,20-24,32H,5-6,11-19H2,1-3H3;3-5,7-10,21-23,26,30-31H,6,11-20H2,1-2H3;3,5-6,8-9,18-21,30H,2,4,7,10-17H2,1H3. The van der Waals surface area contributed by atoms with Crippen molar-refractivity contribution in [2.45, 2.75) is 123 Å². The van der Waals surface area contributed by atoms with Crippen molar-refractivity contribution >= 4 is 61.6 Å². The van der Waals surface area contributed by atoms with Crippen LogP contribution in [0.25, 0.3) is 66.5 Å². The van der Waals surface area contributed by atoms with Gasteiger partial charge in [0.25, 0.3) is 0 Å². The lowest BCUT2D eigenvalue weighted by atomic mass is 9.91. The number of rotatable bonds is 21. The number of fused-ring (bicyclic) bond motifs is 3. The zero-order valence-corrected chi connectivity index (χ0v) is 63.8. The van der Waals surface area contributed by atoms with E-state index in [1.165, 1.54) is 181 Å². The molecular formula is C88H118FN13O3. The van der Waals surface area contributed by atoms with Crippen molar-refractivity contribution in [1.29, 1.82) is 0 Å². The topological polar surface area (TPSA) is 132 Å². The molecule has 3 aromatic heterocycles. The second-order valence-electron chi connectivity index (χ2n) is 31.4. The minimum absolute atomic E-state index is 0.210. The summed E-state index contributed by atoms with van der Waals surface area (Å²) in [5.74, 6) is 1.39. The first-order chi connectivity index (χ1) is 51.2. The highest BCUT2D eigenvalue weighted by molar-refractivity contribution is 5.96. The molecule has 0 bridgehead atoms. The van der Waals surface area contributed by atoms with E-state index in [9.17, 15) is 14.0 Å². The number of hydrogen-bond donors (Lipinski definition) is 4. The number of likely N-dealkylation sites (N-methyl/N-ethyl adjacent to an activating group) is 1. The van der Waals surface area contributed by atoms with Gasteiger partial charge in [0, 0.05) is 209 Å². The number of piperidine rings is 3. The quantitative estimate of drug-likeness (QED) is 0.0511. The number of nitrogens with one attached hydrogen (secondary N) is 4. The molecule has 16 nitrogen and oxygen atoms in total. The number of hydrogen-bond acceptors (Lipinski definition) is 12. The molecule has 6 aliphatic rings. The van der Waals surface area contributed by atoms with E-state index in [1.54, 1.807) is 12.1 Å². The normalized spacial score (nSPS) is 18.4. The maximum atomic E-state index is 13.6. The van der Waals surface area contributed by atoms with E-state index >= 15 is 0 Å². The zero-order chi connectivity index (χ0) is 72.6. The molecule has 6 aliphatic heterocycles. The summed E-state index contributed by atoms with van der Waals surface area (Å²) in [6.07, 6.45) is 14.2. The van der Waals surface area contributed by atoms with E-state index in [0.717, 1.165) is 130 Å². The zero-order valence-electron chi connectivity index (χ0n) is 63.8. The molecule has 15 rings (SSSR count). The van der Waals surface area contributed by atoms with Crippen molar-refractivity contribution in [2.75, 3.05) is 166 Å². The van der Waals surface area contributed by atoms with Gasteiger partial charge in [0.1, 0.15) is 5.82 Å². The molecule has 6 fully saturated rings. The number of benzene rings is 6.